The highest BCUT2D eigenvalue weighted by atomic mass is 79.9. The third kappa shape index (κ3) is 2.49. The van der Waals surface area contributed by atoms with Gasteiger partial charge in [0.15, 0.2) is 0 Å². The number of hydrogen-bond donors (Lipinski definition) is 0. The molecule has 3 rings (SSSR count). The second-order valence-corrected chi connectivity index (χ2v) is 5.25. The van der Waals surface area contributed by atoms with Crippen LogP contribution >= 0.6 is 15.9 Å². The molecule has 1 aromatic carbocycles. The number of fused-ring (bicyclic) bond motifs is 1. The maximum Gasteiger partial charge on any atom is 0.122 e. The molecule has 2 heterocycles. The van der Waals surface area contributed by atoms with Crippen molar-refractivity contribution in [1.82, 2.24) is 9.38 Å². The molecule has 3 nitrogen and oxygen atoms in total. The van der Waals surface area contributed by atoms with Gasteiger partial charge in [0.25, 0.3) is 0 Å². The second-order valence-electron chi connectivity index (χ2n) is 4.34. The molecular weight excluding hydrogens is 304 g/mol. The first kappa shape index (κ1) is 12.2. The first-order chi connectivity index (χ1) is 9.26. The number of methoxy groups -OCH3 is 1. The minimum absolute atomic E-state index is 0.813. The molecule has 0 spiro atoms. The van der Waals surface area contributed by atoms with Crippen LogP contribution in [0.25, 0.3) is 5.52 Å². The summed E-state index contributed by atoms with van der Waals surface area (Å²) in [7, 11) is 1.67. The Morgan fingerprint density at radius 1 is 1.21 bits per heavy atom. The molecule has 0 radical (unpaired) electrons. The van der Waals surface area contributed by atoms with Crippen LogP contribution in [0.2, 0.25) is 0 Å². The molecule has 4 heteroatoms. The van der Waals surface area contributed by atoms with Crippen molar-refractivity contribution in [3.63, 3.8) is 0 Å². The molecule has 19 heavy (non-hydrogen) atoms. The van der Waals surface area contributed by atoms with Crippen molar-refractivity contribution >= 4 is 21.4 Å². The van der Waals surface area contributed by atoms with E-state index in [1.165, 1.54) is 5.56 Å². The third-order valence-corrected chi connectivity index (χ3v) is 3.62. The summed E-state index contributed by atoms with van der Waals surface area (Å²) < 4.78 is 8.40. The quantitative estimate of drug-likeness (QED) is 0.736. The fraction of sp³-hybridized carbons (Fsp3) is 0.133. The fourth-order valence-electron chi connectivity index (χ4n) is 2.08. The van der Waals surface area contributed by atoms with E-state index in [0.29, 0.717) is 0 Å². The second kappa shape index (κ2) is 5.05. The predicted octanol–water partition coefficient (Wildman–Crippen LogP) is 3.70. The number of halogens is 1. The normalized spacial score (nSPS) is 10.8. The van der Waals surface area contributed by atoms with E-state index in [2.05, 4.69) is 37.4 Å². The van der Waals surface area contributed by atoms with Crippen LogP contribution in [0, 0.1) is 0 Å². The largest absolute Gasteiger partial charge is 0.497 e. The first-order valence-corrected chi connectivity index (χ1v) is 6.80. The number of rotatable bonds is 3. The topological polar surface area (TPSA) is 26.5 Å². The van der Waals surface area contributed by atoms with Crippen LogP contribution in [0.1, 0.15) is 11.4 Å². The minimum atomic E-state index is 0.813. The van der Waals surface area contributed by atoms with Gasteiger partial charge in [0, 0.05) is 23.2 Å². The predicted molar refractivity (Wildman–Crippen MR) is 78.7 cm³/mol. The molecule has 0 aliphatic rings. The molecule has 0 unspecified atom stereocenters. The Bertz CT molecular complexity index is 704. The van der Waals surface area contributed by atoms with Crippen molar-refractivity contribution in [2.75, 3.05) is 7.11 Å². The number of imidazole rings is 1. The van der Waals surface area contributed by atoms with Crippen molar-refractivity contribution in [1.29, 1.82) is 0 Å². The van der Waals surface area contributed by atoms with Gasteiger partial charge >= 0.3 is 0 Å². The molecule has 0 aliphatic heterocycles. The summed E-state index contributed by atoms with van der Waals surface area (Å²) in [5.41, 5.74) is 2.29. The van der Waals surface area contributed by atoms with Crippen LogP contribution in [0.3, 0.4) is 0 Å². The number of pyridine rings is 1. The number of benzene rings is 1. The van der Waals surface area contributed by atoms with Crippen LogP contribution in [-0.4, -0.2) is 16.5 Å². The molecule has 0 fully saturated rings. The molecule has 0 atom stereocenters. The van der Waals surface area contributed by atoms with E-state index in [9.17, 15) is 0 Å². The lowest BCUT2D eigenvalue weighted by atomic mass is 10.1. The van der Waals surface area contributed by atoms with Crippen LogP contribution in [0.15, 0.2) is 53.3 Å². The zero-order chi connectivity index (χ0) is 13.2. The highest BCUT2D eigenvalue weighted by molar-refractivity contribution is 9.10. The number of aromatic nitrogens is 2. The summed E-state index contributed by atoms with van der Waals surface area (Å²) in [5, 5.41) is 0. The summed E-state index contributed by atoms with van der Waals surface area (Å²) in [6.07, 6.45) is 4.68. The summed E-state index contributed by atoms with van der Waals surface area (Å²) in [6, 6.07) is 12.2. The van der Waals surface area contributed by atoms with Gasteiger partial charge in [-0.2, -0.15) is 0 Å². The van der Waals surface area contributed by atoms with E-state index in [-0.39, 0.29) is 0 Å². The van der Waals surface area contributed by atoms with Crippen LogP contribution < -0.4 is 4.74 Å². The molecule has 0 N–H and O–H groups in total. The average molecular weight is 317 g/mol. The van der Waals surface area contributed by atoms with Gasteiger partial charge in [-0.05, 0) is 23.8 Å². The standard InChI is InChI=1S/C15H13BrN2O/c1-19-14-6-7-18-13(9-14)10-17-15(18)8-11-2-4-12(16)5-3-11/h2-7,9-10H,8H2,1H3. The van der Waals surface area contributed by atoms with Gasteiger partial charge in [-0.1, -0.05) is 28.1 Å². The minimum Gasteiger partial charge on any atom is -0.497 e. The smallest absolute Gasteiger partial charge is 0.122 e. The Balaban J connectivity index is 1.95. The van der Waals surface area contributed by atoms with Gasteiger partial charge in [0.05, 0.1) is 18.8 Å². The molecule has 3 aromatic rings. The van der Waals surface area contributed by atoms with Gasteiger partial charge < -0.3 is 9.14 Å². The summed E-state index contributed by atoms with van der Waals surface area (Å²) in [6.45, 7) is 0. The van der Waals surface area contributed by atoms with E-state index in [0.717, 1.165) is 28.0 Å². The molecular formula is C15H13BrN2O. The van der Waals surface area contributed by atoms with Gasteiger partial charge in [-0.25, -0.2) is 4.98 Å². The Kier molecular flexibility index (Phi) is 3.25. The van der Waals surface area contributed by atoms with E-state index < -0.39 is 0 Å². The highest BCUT2D eigenvalue weighted by Gasteiger charge is 2.05. The van der Waals surface area contributed by atoms with Crippen molar-refractivity contribution < 1.29 is 4.74 Å². The Morgan fingerprint density at radius 2 is 2.00 bits per heavy atom. The van der Waals surface area contributed by atoms with Crippen molar-refractivity contribution in [2.24, 2.45) is 0 Å². The van der Waals surface area contributed by atoms with Crippen molar-refractivity contribution in [3.05, 3.63) is 64.7 Å². The van der Waals surface area contributed by atoms with Gasteiger partial charge in [-0.3, -0.25) is 0 Å². The van der Waals surface area contributed by atoms with E-state index in [4.69, 9.17) is 4.74 Å². The lowest BCUT2D eigenvalue weighted by molar-refractivity contribution is 0.414. The van der Waals surface area contributed by atoms with Crippen LogP contribution in [0.5, 0.6) is 5.75 Å². The Morgan fingerprint density at radius 3 is 2.74 bits per heavy atom. The zero-order valence-electron chi connectivity index (χ0n) is 10.5. The fourth-order valence-corrected chi connectivity index (χ4v) is 2.34. The maximum atomic E-state index is 5.22. The molecule has 0 saturated heterocycles. The molecule has 0 bridgehead atoms. The summed E-state index contributed by atoms with van der Waals surface area (Å²) in [5.74, 6) is 1.88. The van der Waals surface area contributed by atoms with E-state index >= 15 is 0 Å². The Labute approximate surface area is 120 Å². The van der Waals surface area contributed by atoms with Crippen molar-refractivity contribution in [2.45, 2.75) is 6.42 Å². The van der Waals surface area contributed by atoms with Gasteiger partial charge in [0.2, 0.25) is 0 Å². The maximum absolute atomic E-state index is 5.22. The SMILES string of the molecule is COc1ccn2c(Cc3ccc(Br)cc3)ncc2c1. The lowest BCUT2D eigenvalue weighted by Crippen LogP contribution is -1.96. The van der Waals surface area contributed by atoms with Crippen molar-refractivity contribution in [3.8, 4) is 5.75 Å². The summed E-state index contributed by atoms with van der Waals surface area (Å²) in [4.78, 5) is 4.48. The lowest BCUT2D eigenvalue weighted by Gasteiger charge is -2.04. The Hall–Kier alpha value is -1.81. The van der Waals surface area contributed by atoms with E-state index in [1.54, 1.807) is 7.11 Å². The monoisotopic (exact) mass is 316 g/mol. The van der Waals surface area contributed by atoms with Gasteiger partial charge in [0.1, 0.15) is 11.6 Å². The van der Waals surface area contributed by atoms with Gasteiger partial charge in [-0.15, -0.1) is 0 Å². The molecule has 0 amide bonds. The third-order valence-electron chi connectivity index (χ3n) is 3.09. The van der Waals surface area contributed by atoms with E-state index in [1.807, 2.05) is 36.7 Å². The highest BCUT2D eigenvalue weighted by Crippen LogP contribution is 2.18. The molecule has 0 aliphatic carbocycles. The number of nitrogens with zero attached hydrogens (tertiary/aromatic N) is 2. The first-order valence-electron chi connectivity index (χ1n) is 6.01. The number of hydrogen-bond acceptors (Lipinski definition) is 2. The zero-order valence-corrected chi connectivity index (χ0v) is 12.1. The van der Waals surface area contributed by atoms with Crippen LogP contribution in [0.4, 0.5) is 0 Å². The van der Waals surface area contributed by atoms with Crippen LogP contribution in [-0.2, 0) is 6.42 Å². The number of ether oxygens (including phenoxy) is 1. The molecule has 0 saturated carbocycles. The summed E-state index contributed by atoms with van der Waals surface area (Å²) >= 11 is 3.44. The average Bonchev–Trinajstić information content (AvgIpc) is 2.83. The molecule has 96 valence electrons. The molecule has 2 aromatic heterocycles.